The minimum atomic E-state index is -0.393. The van der Waals surface area contributed by atoms with Gasteiger partial charge in [-0.2, -0.15) is 0 Å². The van der Waals surface area contributed by atoms with Crippen molar-refractivity contribution in [1.29, 1.82) is 0 Å². The maximum atomic E-state index is 12.4. The van der Waals surface area contributed by atoms with Crippen molar-refractivity contribution in [3.63, 3.8) is 0 Å². The highest BCUT2D eigenvalue weighted by Gasteiger charge is 2.35. The molecule has 0 unspecified atom stereocenters. The number of carbonyl (C=O) groups excluding carboxylic acids is 1. The summed E-state index contributed by atoms with van der Waals surface area (Å²) in [7, 11) is 0. The normalized spacial score (nSPS) is 18.7. The Labute approximate surface area is 181 Å². The molecule has 1 aliphatic rings. The summed E-state index contributed by atoms with van der Waals surface area (Å²) in [6, 6.07) is 4.97. The van der Waals surface area contributed by atoms with E-state index in [0.29, 0.717) is 48.5 Å². The number of halogens is 2. The zero-order chi connectivity index (χ0) is 21.0. The van der Waals surface area contributed by atoms with E-state index in [1.807, 2.05) is 26.8 Å². The number of aromatic nitrogens is 2. The number of ether oxygens (including phenoxy) is 1. The van der Waals surface area contributed by atoms with Crippen LogP contribution in [0.25, 0.3) is 11.3 Å². The number of aryl methyl sites for hydroxylation is 2. The fourth-order valence-electron chi connectivity index (χ4n) is 3.44. The van der Waals surface area contributed by atoms with E-state index in [1.54, 1.807) is 12.1 Å². The van der Waals surface area contributed by atoms with Crippen LogP contribution >= 0.6 is 23.2 Å². The van der Waals surface area contributed by atoms with E-state index in [-0.39, 0.29) is 11.8 Å². The van der Waals surface area contributed by atoms with E-state index in [1.165, 1.54) is 0 Å². The summed E-state index contributed by atoms with van der Waals surface area (Å²) < 4.78 is 5.54. The van der Waals surface area contributed by atoms with Gasteiger partial charge in [0, 0.05) is 29.7 Å². The van der Waals surface area contributed by atoms with Gasteiger partial charge in [0.2, 0.25) is 5.91 Å². The van der Waals surface area contributed by atoms with Crippen LogP contribution in [-0.2, 0) is 22.4 Å². The van der Waals surface area contributed by atoms with Crippen molar-refractivity contribution in [1.82, 2.24) is 15.3 Å². The van der Waals surface area contributed by atoms with Crippen molar-refractivity contribution in [2.24, 2.45) is 5.92 Å². The van der Waals surface area contributed by atoms with Crippen LogP contribution in [0.3, 0.4) is 0 Å². The van der Waals surface area contributed by atoms with Crippen LogP contribution in [0, 0.1) is 5.92 Å². The Balaban J connectivity index is 1.97. The Hall–Kier alpha value is -1.89. The monoisotopic (exact) mass is 436 g/mol. The Bertz CT molecular complexity index is 891. The molecule has 29 heavy (non-hydrogen) atoms. The molecule has 0 radical (unpaired) electrons. The molecule has 2 N–H and O–H groups in total. The third-order valence-electron chi connectivity index (χ3n) is 5.02. The summed E-state index contributed by atoms with van der Waals surface area (Å²) in [5.74, 6) is 0.646. The van der Waals surface area contributed by atoms with Crippen LogP contribution in [0.15, 0.2) is 18.2 Å². The molecule has 1 aromatic carbocycles. The second-order valence-corrected chi connectivity index (χ2v) is 7.78. The lowest BCUT2D eigenvalue weighted by molar-refractivity contribution is -0.120. The average molecular weight is 437 g/mol. The molecule has 6 nitrogen and oxygen atoms in total. The first-order valence-electron chi connectivity index (χ1n) is 9.95. The summed E-state index contributed by atoms with van der Waals surface area (Å²) in [4.78, 5) is 22.1. The number of rotatable bonds is 8. The lowest BCUT2D eigenvalue weighted by Gasteiger charge is -2.21. The quantitative estimate of drug-likeness (QED) is 0.649. The molecule has 2 aromatic rings. The highest BCUT2D eigenvalue weighted by atomic mass is 35.5. The topological polar surface area (TPSA) is 76.1 Å². The molecule has 2 atom stereocenters. The Morgan fingerprint density at radius 1 is 1.17 bits per heavy atom. The predicted octanol–water partition coefficient (Wildman–Crippen LogP) is 4.14. The van der Waals surface area contributed by atoms with Crippen LogP contribution in [0.2, 0.25) is 10.0 Å². The van der Waals surface area contributed by atoms with Crippen molar-refractivity contribution in [3.8, 4) is 11.3 Å². The van der Waals surface area contributed by atoms with E-state index in [9.17, 15) is 4.79 Å². The van der Waals surface area contributed by atoms with Crippen LogP contribution in [0.5, 0.6) is 0 Å². The molecule has 8 heteroatoms. The maximum Gasteiger partial charge on any atom is 0.243 e. The van der Waals surface area contributed by atoms with Gasteiger partial charge in [0.1, 0.15) is 11.9 Å². The zero-order valence-electron chi connectivity index (χ0n) is 16.9. The van der Waals surface area contributed by atoms with Gasteiger partial charge in [0.05, 0.1) is 28.7 Å². The molecule has 0 spiro atoms. The summed E-state index contributed by atoms with van der Waals surface area (Å²) in [6.45, 7) is 7.70. The first-order chi connectivity index (χ1) is 14.0. The number of hydrogen-bond donors (Lipinski definition) is 2. The maximum absolute atomic E-state index is 12.4. The van der Waals surface area contributed by atoms with Gasteiger partial charge in [-0.25, -0.2) is 9.97 Å². The molecular formula is C21H26Cl2N4O2. The van der Waals surface area contributed by atoms with Crippen LogP contribution in [0.1, 0.15) is 32.2 Å². The SMILES string of the molecule is CCOC[C@H]1CNC(=O)[C@H]1Nc1nc(CC)c(-c2ccc(Cl)cc2Cl)nc1CC. The predicted molar refractivity (Wildman–Crippen MR) is 117 cm³/mol. The second kappa shape index (κ2) is 9.74. The van der Waals surface area contributed by atoms with E-state index >= 15 is 0 Å². The largest absolute Gasteiger partial charge is 0.381 e. The molecular weight excluding hydrogens is 411 g/mol. The third kappa shape index (κ3) is 4.82. The standard InChI is InChI=1S/C21H26Cl2N4O2/c1-4-16-19(14-8-7-13(22)9-15(14)23)25-17(5-2)20(26-16)27-18-12(11-29-6-3)10-24-21(18)28/h7-9,12,18H,4-6,10-11H2,1-3H3,(H,24,28)(H,26,27)/t12-,18+/m1/s1. The molecule has 1 fully saturated rings. The van der Waals surface area contributed by atoms with E-state index in [4.69, 9.17) is 37.9 Å². The van der Waals surface area contributed by atoms with Gasteiger partial charge in [0.15, 0.2) is 0 Å². The highest BCUT2D eigenvalue weighted by Crippen LogP contribution is 2.33. The molecule has 1 amide bonds. The molecule has 0 aliphatic carbocycles. The molecule has 1 saturated heterocycles. The van der Waals surface area contributed by atoms with Crippen molar-refractivity contribution in [2.75, 3.05) is 25.1 Å². The summed E-state index contributed by atoms with van der Waals surface area (Å²) >= 11 is 12.5. The molecule has 1 aliphatic heterocycles. The molecule has 1 aromatic heterocycles. The van der Waals surface area contributed by atoms with Crippen molar-refractivity contribution in [2.45, 2.75) is 39.7 Å². The van der Waals surface area contributed by atoms with E-state index in [0.717, 1.165) is 22.6 Å². The number of amides is 1. The molecule has 3 rings (SSSR count). The Morgan fingerprint density at radius 3 is 2.59 bits per heavy atom. The summed E-state index contributed by atoms with van der Waals surface area (Å²) in [5.41, 5.74) is 3.15. The van der Waals surface area contributed by atoms with Gasteiger partial charge >= 0.3 is 0 Å². The number of carbonyl (C=O) groups is 1. The van der Waals surface area contributed by atoms with Gasteiger partial charge in [-0.15, -0.1) is 0 Å². The van der Waals surface area contributed by atoms with Gasteiger partial charge in [0.25, 0.3) is 0 Å². The van der Waals surface area contributed by atoms with Crippen molar-refractivity contribution in [3.05, 3.63) is 39.6 Å². The number of hydrogen-bond acceptors (Lipinski definition) is 5. The second-order valence-electron chi connectivity index (χ2n) is 6.93. The van der Waals surface area contributed by atoms with Gasteiger partial charge in [-0.3, -0.25) is 4.79 Å². The smallest absolute Gasteiger partial charge is 0.243 e. The fourth-order valence-corrected chi connectivity index (χ4v) is 3.94. The Morgan fingerprint density at radius 2 is 1.93 bits per heavy atom. The first kappa shape index (κ1) is 21.8. The van der Waals surface area contributed by atoms with E-state index in [2.05, 4.69) is 10.6 Å². The summed E-state index contributed by atoms with van der Waals surface area (Å²) in [5, 5.41) is 7.35. The lowest BCUT2D eigenvalue weighted by Crippen LogP contribution is -2.36. The number of benzene rings is 1. The number of nitrogens with one attached hydrogen (secondary N) is 2. The van der Waals surface area contributed by atoms with Crippen LogP contribution in [-0.4, -0.2) is 41.7 Å². The van der Waals surface area contributed by atoms with E-state index < -0.39 is 6.04 Å². The number of nitrogens with zero attached hydrogens (tertiary/aromatic N) is 2. The van der Waals surface area contributed by atoms with Crippen molar-refractivity contribution >= 4 is 34.9 Å². The van der Waals surface area contributed by atoms with Gasteiger partial charge in [-0.05, 0) is 38.0 Å². The average Bonchev–Trinajstić information content (AvgIpc) is 3.05. The zero-order valence-corrected chi connectivity index (χ0v) is 18.4. The molecule has 2 heterocycles. The Kier molecular flexibility index (Phi) is 7.33. The van der Waals surface area contributed by atoms with Crippen LogP contribution in [0.4, 0.5) is 5.82 Å². The summed E-state index contributed by atoms with van der Waals surface area (Å²) in [6.07, 6.45) is 1.35. The first-order valence-corrected chi connectivity index (χ1v) is 10.7. The highest BCUT2D eigenvalue weighted by molar-refractivity contribution is 6.36. The minimum absolute atomic E-state index is 0.0403. The third-order valence-corrected chi connectivity index (χ3v) is 5.56. The van der Waals surface area contributed by atoms with Gasteiger partial charge in [-0.1, -0.05) is 37.0 Å². The molecule has 156 valence electrons. The minimum Gasteiger partial charge on any atom is -0.381 e. The van der Waals surface area contributed by atoms with Crippen molar-refractivity contribution < 1.29 is 9.53 Å². The van der Waals surface area contributed by atoms with Gasteiger partial charge < -0.3 is 15.4 Å². The lowest BCUT2D eigenvalue weighted by atomic mass is 10.0. The molecule has 0 saturated carbocycles. The van der Waals surface area contributed by atoms with Crippen LogP contribution < -0.4 is 10.6 Å². The number of anilines is 1. The molecule has 0 bridgehead atoms. The fraction of sp³-hybridized carbons (Fsp3) is 0.476.